The molecule has 0 saturated carbocycles. The highest BCUT2D eigenvalue weighted by Gasteiger charge is 2.22. The van der Waals surface area contributed by atoms with Gasteiger partial charge in [-0.15, -0.1) is 0 Å². The fourth-order valence-electron chi connectivity index (χ4n) is 7.21. The number of para-hydroxylation sites is 1. The fourth-order valence-corrected chi connectivity index (χ4v) is 7.21. The maximum absolute atomic E-state index is 6.32. The first kappa shape index (κ1) is 25.2. The predicted molar refractivity (Wildman–Crippen MR) is 186 cm³/mol. The molecule has 0 aliphatic carbocycles. The smallest absolute Gasteiger partial charge is 0.136 e. The molecule has 9 rings (SSSR count). The van der Waals surface area contributed by atoms with Crippen LogP contribution in [-0.2, 0) is 5.41 Å². The second kappa shape index (κ2) is 9.08. The molecule has 0 atom stereocenters. The Hall–Kier alpha value is -5.34. The zero-order valence-corrected chi connectivity index (χ0v) is 24.9. The number of furan rings is 2. The van der Waals surface area contributed by atoms with Crippen LogP contribution in [0.3, 0.4) is 0 Å². The minimum Gasteiger partial charge on any atom is -0.464 e. The fraction of sp³-hybridized carbons (Fsp3) is 0.0952. The molecule has 0 bridgehead atoms. The highest BCUT2D eigenvalue weighted by Crippen LogP contribution is 2.46. The standard InChI is InChI=1S/C42H30O2/c1-42(2,3)35-24-43-37-21-18-25-22-26(16-19-28(25)41(35)37)39-31-11-4-6-13-33(31)40(34-14-7-5-12-32(34)39)27-17-20-30-29-10-8-9-15-36(29)44-38(30)23-27/h4-24H,1-3H3. The molecule has 9 aromatic rings. The van der Waals surface area contributed by atoms with E-state index in [-0.39, 0.29) is 5.41 Å². The number of benzene rings is 7. The largest absolute Gasteiger partial charge is 0.464 e. The lowest BCUT2D eigenvalue weighted by Gasteiger charge is -2.19. The molecule has 0 radical (unpaired) electrons. The van der Waals surface area contributed by atoms with Crippen molar-refractivity contribution in [1.82, 2.24) is 0 Å². The summed E-state index contributed by atoms with van der Waals surface area (Å²) in [5.41, 5.74) is 8.87. The molecule has 0 aliphatic rings. The van der Waals surface area contributed by atoms with Crippen LogP contribution >= 0.6 is 0 Å². The van der Waals surface area contributed by atoms with E-state index in [4.69, 9.17) is 8.83 Å². The van der Waals surface area contributed by atoms with Gasteiger partial charge >= 0.3 is 0 Å². The first-order valence-corrected chi connectivity index (χ1v) is 15.3. The molecule has 0 fully saturated rings. The maximum Gasteiger partial charge on any atom is 0.136 e. The average molecular weight is 567 g/mol. The van der Waals surface area contributed by atoms with E-state index in [0.29, 0.717) is 0 Å². The third-order valence-corrected chi connectivity index (χ3v) is 9.25. The van der Waals surface area contributed by atoms with Gasteiger partial charge in [-0.1, -0.05) is 112 Å². The molecule has 2 nitrogen and oxygen atoms in total. The van der Waals surface area contributed by atoms with Crippen molar-refractivity contribution in [2.45, 2.75) is 26.2 Å². The van der Waals surface area contributed by atoms with Crippen LogP contribution in [0.15, 0.2) is 136 Å². The Kier molecular flexibility index (Phi) is 5.20. The Morgan fingerprint density at radius 1 is 0.455 bits per heavy atom. The number of hydrogen-bond donors (Lipinski definition) is 0. The van der Waals surface area contributed by atoms with Gasteiger partial charge in [0.15, 0.2) is 0 Å². The lowest BCUT2D eigenvalue weighted by molar-refractivity contribution is 0.557. The van der Waals surface area contributed by atoms with Gasteiger partial charge in [-0.2, -0.15) is 0 Å². The highest BCUT2D eigenvalue weighted by atomic mass is 16.3. The third-order valence-electron chi connectivity index (χ3n) is 9.25. The van der Waals surface area contributed by atoms with Gasteiger partial charge in [0.25, 0.3) is 0 Å². The van der Waals surface area contributed by atoms with Crippen molar-refractivity contribution in [1.29, 1.82) is 0 Å². The van der Waals surface area contributed by atoms with Crippen molar-refractivity contribution in [2.24, 2.45) is 0 Å². The molecule has 44 heavy (non-hydrogen) atoms. The van der Waals surface area contributed by atoms with E-state index in [1.54, 1.807) is 0 Å². The molecule has 210 valence electrons. The van der Waals surface area contributed by atoms with Crippen molar-refractivity contribution in [3.05, 3.63) is 133 Å². The SMILES string of the molecule is CC(C)(C)c1coc2ccc3cc(-c4c5ccccc5c(-c5ccc6c(c5)oc5ccccc56)c5ccccc45)ccc3c12. The average Bonchev–Trinajstić information content (AvgIpc) is 3.65. The Morgan fingerprint density at radius 3 is 1.64 bits per heavy atom. The van der Waals surface area contributed by atoms with Gasteiger partial charge in [0, 0.05) is 21.7 Å². The molecule has 2 aromatic heterocycles. The summed E-state index contributed by atoms with van der Waals surface area (Å²) in [6, 6.07) is 43.8. The van der Waals surface area contributed by atoms with Crippen LogP contribution in [-0.4, -0.2) is 0 Å². The first-order chi connectivity index (χ1) is 21.5. The number of hydrogen-bond acceptors (Lipinski definition) is 2. The topological polar surface area (TPSA) is 26.3 Å². The van der Waals surface area contributed by atoms with E-state index in [1.165, 1.54) is 60.0 Å². The summed E-state index contributed by atoms with van der Waals surface area (Å²) in [6.07, 6.45) is 1.93. The van der Waals surface area contributed by atoms with E-state index >= 15 is 0 Å². The van der Waals surface area contributed by atoms with E-state index in [1.807, 2.05) is 18.4 Å². The first-order valence-electron chi connectivity index (χ1n) is 15.3. The molecule has 0 saturated heterocycles. The highest BCUT2D eigenvalue weighted by molar-refractivity contribution is 6.22. The third kappa shape index (κ3) is 3.61. The van der Waals surface area contributed by atoms with Gasteiger partial charge in [0.05, 0.1) is 6.26 Å². The van der Waals surface area contributed by atoms with Gasteiger partial charge in [-0.05, 0) is 90.3 Å². The molecule has 2 heteroatoms. The summed E-state index contributed by atoms with van der Waals surface area (Å²) in [6.45, 7) is 6.74. The van der Waals surface area contributed by atoms with Crippen molar-refractivity contribution in [3.63, 3.8) is 0 Å². The van der Waals surface area contributed by atoms with E-state index in [0.717, 1.165) is 33.1 Å². The van der Waals surface area contributed by atoms with Crippen LogP contribution in [0.5, 0.6) is 0 Å². The Morgan fingerprint density at radius 2 is 1.00 bits per heavy atom. The summed E-state index contributed by atoms with van der Waals surface area (Å²) in [4.78, 5) is 0. The normalized spacial score (nSPS) is 12.4. The summed E-state index contributed by atoms with van der Waals surface area (Å²) in [5.74, 6) is 0. The van der Waals surface area contributed by atoms with Gasteiger partial charge in [-0.3, -0.25) is 0 Å². The molecule has 7 aromatic carbocycles. The summed E-state index contributed by atoms with van der Waals surface area (Å²) >= 11 is 0. The van der Waals surface area contributed by atoms with Crippen LogP contribution in [0, 0.1) is 0 Å². The molecule has 0 unspecified atom stereocenters. The van der Waals surface area contributed by atoms with Crippen molar-refractivity contribution >= 4 is 65.2 Å². The van der Waals surface area contributed by atoms with E-state index in [2.05, 4.69) is 130 Å². The molecule has 0 amide bonds. The summed E-state index contributed by atoms with van der Waals surface area (Å²) < 4.78 is 12.3. The number of rotatable bonds is 2. The van der Waals surface area contributed by atoms with Crippen LogP contribution in [0.4, 0.5) is 0 Å². The summed E-state index contributed by atoms with van der Waals surface area (Å²) in [5, 5.41) is 10.9. The molecular formula is C42H30O2. The van der Waals surface area contributed by atoms with Crippen LogP contribution < -0.4 is 0 Å². The predicted octanol–water partition coefficient (Wildman–Crippen LogP) is 12.4. The molecule has 0 aliphatic heterocycles. The Bertz CT molecular complexity index is 2530. The molecule has 2 heterocycles. The molecule has 0 spiro atoms. The van der Waals surface area contributed by atoms with Crippen molar-refractivity contribution in [2.75, 3.05) is 0 Å². The number of fused-ring (bicyclic) bond motifs is 8. The van der Waals surface area contributed by atoms with Crippen molar-refractivity contribution < 1.29 is 8.83 Å². The zero-order chi connectivity index (χ0) is 29.6. The lowest BCUT2D eigenvalue weighted by atomic mass is 9.84. The monoisotopic (exact) mass is 566 g/mol. The quantitative estimate of drug-likeness (QED) is 0.195. The Labute approximate surface area is 255 Å². The van der Waals surface area contributed by atoms with E-state index < -0.39 is 0 Å². The molecule has 0 N–H and O–H groups in total. The Balaban J connectivity index is 1.32. The molecular weight excluding hydrogens is 536 g/mol. The zero-order valence-electron chi connectivity index (χ0n) is 24.9. The van der Waals surface area contributed by atoms with Crippen LogP contribution in [0.2, 0.25) is 0 Å². The lowest BCUT2D eigenvalue weighted by Crippen LogP contribution is -2.09. The van der Waals surface area contributed by atoms with Crippen molar-refractivity contribution in [3.8, 4) is 22.3 Å². The van der Waals surface area contributed by atoms with Gasteiger partial charge in [0.2, 0.25) is 0 Å². The summed E-state index contributed by atoms with van der Waals surface area (Å²) in [7, 11) is 0. The van der Waals surface area contributed by atoms with E-state index in [9.17, 15) is 0 Å². The maximum atomic E-state index is 6.32. The van der Waals surface area contributed by atoms with Crippen LogP contribution in [0.1, 0.15) is 26.3 Å². The van der Waals surface area contributed by atoms with Crippen LogP contribution in [0.25, 0.3) is 87.5 Å². The second-order valence-corrected chi connectivity index (χ2v) is 12.9. The minimum atomic E-state index is -0.00811. The van der Waals surface area contributed by atoms with Gasteiger partial charge in [-0.25, -0.2) is 0 Å². The minimum absolute atomic E-state index is 0.00811. The van der Waals surface area contributed by atoms with Gasteiger partial charge in [0.1, 0.15) is 16.7 Å². The second-order valence-electron chi connectivity index (χ2n) is 12.9. The van der Waals surface area contributed by atoms with Gasteiger partial charge < -0.3 is 8.83 Å².